The smallest absolute Gasteiger partial charge is 0.306 e. The molecular weight excluding hydrogens is 228 g/mol. The van der Waals surface area contributed by atoms with Crippen LogP contribution in [0.3, 0.4) is 0 Å². The van der Waals surface area contributed by atoms with Gasteiger partial charge in [-0.3, -0.25) is 9.78 Å². The fourth-order valence-electron chi connectivity index (χ4n) is 1.94. The van der Waals surface area contributed by atoms with Crippen LogP contribution in [0.2, 0.25) is 0 Å². The molecule has 1 aromatic heterocycles. The SMILES string of the molecule is CCC(CCc1cnc2ccccc2n1)C(=O)O. The highest BCUT2D eigenvalue weighted by Gasteiger charge is 2.15. The number of aromatic nitrogens is 2. The van der Waals surface area contributed by atoms with E-state index in [2.05, 4.69) is 9.97 Å². The quantitative estimate of drug-likeness (QED) is 0.878. The first-order valence-corrected chi connectivity index (χ1v) is 6.14. The third-order valence-electron chi connectivity index (χ3n) is 3.09. The molecule has 0 fully saturated rings. The zero-order chi connectivity index (χ0) is 13.0. The van der Waals surface area contributed by atoms with Crippen LogP contribution in [0, 0.1) is 5.92 Å². The molecule has 0 aliphatic carbocycles. The molecule has 1 unspecified atom stereocenters. The van der Waals surface area contributed by atoms with Crippen molar-refractivity contribution in [3.8, 4) is 0 Å². The molecule has 0 bridgehead atoms. The normalized spacial score (nSPS) is 12.5. The van der Waals surface area contributed by atoms with Crippen LogP contribution in [-0.2, 0) is 11.2 Å². The fourth-order valence-corrected chi connectivity index (χ4v) is 1.94. The first-order valence-electron chi connectivity index (χ1n) is 6.14. The molecule has 0 radical (unpaired) electrons. The van der Waals surface area contributed by atoms with Crippen molar-refractivity contribution in [3.05, 3.63) is 36.2 Å². The summed E-state index contributed by atoms with van der Waals surface area (Å²) < 4.78 is 0. The van der Waals surface area contributed by atoms with Gasteiger partial charge in [-0.25, -0.2) is 4.98 Å². The third-order valence-corrected chi connectivity index (χ3v) is 3.09. The van der Waals surface area contributed by atoms with E-state index < -0.39 is 5.97 Å². The van der Waals surface area contributed by atoms with E-state index in [4.69, 9.17) is 5.11 Å². The number of para-hydroxylation sites is 2. The largest absolute Gasteiger partial charge is 0.481 e. The summed E-state index contributed by atoms with van der Waals surface area (Å²) in [5.74, 6) is -1.02. The molecule has 0 saturated heterocycles. The Hall–Kier alpha value is -1.97. The number of carboxylic acids is 1. The van der Waals surface area contributed by atoms with Crippen LogP contribution in [-0.4, -0.2) is 21.0 Å². The Labute approximate surface area is 106 Å². The number of hydrogen-bond acceptors (Lipinski definition) is 3. The standard InChI is InChI=1S/C14H16N2O2/c1-2-10(14(17)18)7-8-11-9-15-12-5-3-4-6-13(12)16-11/h3-6,9-10H,2,7-8H2,1H3,(H,17,18). The highest BCUT2D eigenvalue weighted by atomic mass is 16.4. The Kier molecular flexibility index (Phi) is 3.87. The zero-order valence-electron chi connectivity index (χ0n) is 10.3. The Morgan fingerprint density at radius 2 is 2.06 bits per heavy atom. The lowest BCUT2D eigenvalue weighted by atomic mass is 10.00. The van der Waals surface area contributed by atoms with E-state index in [1.165, 1.54) is 0 Å². The second-order valence-electron chi connectivity index (χ2n) is 4.33. The molecule has 2 rings (SSSR count). The van der Waals surface area contributed by atoms with Crippen molar-refractivity contribution in [2.75, 3.05) is 0 Å². The number of nitrogens with zero attached hydrogens (tertiary/aromatic N) is 2. The first-order chi connectivity index (χ1) is 8.70. The number of carbonyl (C=O) groups is 1. The van der Waals surface area contributed by atoms with E-state index in [1.54, 1.807) is 6.20 Å². The molecule has 94 valence electrons. The lowest BCUT2D eigenvalue weighted by Gasteiger charge is -2.08. The lowest BCUT2D eigenvalue weighted by Crippen LogP contribution is -2.13. The van der Waals surface area contributed by atoms with E-state index in [9.17, 15) is 4.79 Å². The number of aryl methyl sites for hydroxylation is 1. The van der Waals surface area contributed by atoms with Crippen LogP contribution in [0.15, 0.2) is 30.5 Å². The summed E-state index contributed by atoms with van der Waals surface area (Å²) >= 11 is 0. The second-order valence-corrected chi connectivity index (χ2v) is 4.33. The number of carboxylic acid groups (broad SMARTS) is 1. The van der Waals surface area contributed by atoms with Gasteiger partial charge >= 0.3 is 5.97 Å². The Balaban J connectivity index is 2.10. The molecule has 1 aromatic carbocycles. The second kappa shape index (κ2) is 5.58. The predicted molar refractivity (Wildman–Crippen MR) is 69.3 cm³/mol. The highest BCUT2D eigenvalue weighted by molar-refractivity contribution is 5.73. The van der Waals surface area contributed by atoms with E-state index in [0.717, 1.165) is 16.7 Å². The first kappa shape index (κ1) is 12.5. The van der Waals surface area contributed by atoms with Crippen LogP contribution >= 0.6 is 0 Å². The summed E-state index contributed by atoms with van der Waals surface area (Å²) in [6, 6.07) is 7.68. The number of hydrogen-bond donors (Lipinski definition) is 1. The van der Waals surface area contributed by atoms with Crippen molar-refractivity contribution in [1.82, 2.24) is 9.97 Å². The number of fused-ring (bicyclic) bond motifs is 1. The average molecular weight is 244 g/mol. The Morgan fingerprint density at radius 1 is 1.33 bits per heavy atom. The maximum atomic E-state index is 10.9. The van der Waals surface area contributed by atoms with Crippen LogP contribution < -0.4 is 0 Å². The van der Waals surface area contributed by atoms with Crippen molar-refractivity contribution in [3.63, 3.8) is 0 Å². The minimum absolute atomic E-state index is 0.293. The van der Waals surface area contributed by atoms with Crippen molar-refractivity contribution < 1.29 is 9.90 Å². The van der Waals surface area contributed by atoms with Gasteiger partial charge in [0.1, 0.15) is 0 Å². The van der Waals surface area contributed by atoms with Gasteiger partial charge in [-0.2, -0.15) is 0 Å². The van der Waals surface area contributed by atoms with Gasteiger partial charge in [0.2, 0.25) is 0 Å². The summed E-state index contributed by atoms with van der Waals surface area (Å²) in [6.45, 7) is 1.89. The van der Waals surface area contributed by atoms with E-state index in [1.807, 2.05) is 31.2 Å². The monoisotopic (exact) mass is 244 g/mol. The van der Waals surface area contributed by atoms with Gasteiger partial charge in [0.25, 0.3) is 0 Å². The maximum absolute atomic E-state index is 10.9. The van der Waals surface area contributed by atoms with Crippen molar-refractivity contribution in [2.24, 2.45) is 5.92 Å². The summed E-state index contributed by atoms with van der Waals surface area (Å²) in [5, 5.41) is 8.99. The summed E-state index contributed by atoms with van der Waals surface area (Å²) in [4.78, 5) is 19.7. The minimum Gasteiger partial charge on any atom is -0.481 e. The molecule has 2 aromatic rings. The molecule has 1 atom stereocenters. The molecule has 4 heteroatoms. The van der Waals surface area contributed by atoms with Crippen LogP contribution in [0.25, 0.3) is 11.0 Å². The molecule has 0 spiro atoms. The zero-order valence-corrected chi connectivity index (χ0v) is 10.3. The van der Waals surface area contributed by atoms with E-state index in [-0.39, 0.29) is 5.92 Å². The van der Waals surface area contributed by atoms with Gasteiger partial charge in [0, 0.05) is 6.20 Å². The summed E-state index contributed by atoms with van der Waals surface area (Å²) in [5.41, 5.74) is 2.58. The summed E-state index contributed by atoms with van der Waals surface area (Å²) in [6.07, 6.45) is 3.65. The molecule has 1 heterocycles. The predicted octanol–water partition coefficient (Wildman–Crippen LogP) is 2.67. The lowest BCUT2D eigenvalue weighted by molar-refractivity contribution is -0.142. The van der Waals surface area contributed by atoms with Gasteiger partial charge in [-0.05, 0) is 31.4 Å². The van der Waals surface area contributed by atoms with E-state index in [0.29, 0.717) is 19.3 Å². The molecule has 0 saturated carbocycles. The minimum atomic E-state index is -0.730. The van der Waals surface area contributed by atoms with Crippen molar-refractivity contribution >= 4 is 17.0 Å². The van der Waals surface area contributed by atoms with Gasteiger partial charge in [0.05, 0.1) is 22.6 Å². The molecule has 4 nitrogen and oxygen atoms in total. The summed E-state index contributed by atoms with van der Waals surface area (Å²) in [7, 11) is 0. The number of benzene rings is 1. The van der Waals surface area contributed by atoms with Crippen LogP contribution in [0.5, 0.6) is 0 Å². The van der Waals surface area contributed by atoms with Gasteiger partial charge in [-0.15, -0.1) is 0 Å². The topological polar surface area (TPSA) is 63.1 Å². The fraction of sp³-hybridized carbons (Fsp3) is 0.357. The molecule has 0 amide bonds. The van der Waals surface area contributed by atoms with Crippen LogP contribution in [0.4, 0.5) is 0 Å². The van der Waals surface area contributed by atoms with Crippen molar-refractivity contribution in [1.29, 1.82) is 0 Å². The van der Waals surface area contributed by atoms with E-state index >= 15 is 0 Å². The average Bonchev–Trinajstić information content (AvgIpc) is 2.39. The molecule has 18 heavy (non-hydrogen) atoms. The van der Waals surface area contributed by atoms with Gasteiger partial charge in [-0.1, -0.05) is 19.1 Å². The maximum Gasteiger partial charge on any atom is 0.306 e. The number of aliphatic carboxylic acids is 1. The Morgan fingerprint density at radius 3 is 2.72 bits per heavy atom. The molecule has 0 aliphatic heterocycles. The van der Waals surface area contributed by atoms with Gasteiger partial charge in [0.15, 0.2) is 0 Å². The number of rotatable bonds is 5. The molecule has 1 N–H and O–H groups in total. The third kappa shape index (κ3) is 2.83. The van der Waals surface area contributed by atoms with Crippen molar-refractivity contribution in [2.45, 2.75) is 26.2 Å². The highest BCUT2D eigenvalue weighted by Crippen LogP contribution is 2.14. The molecular formula is C14H16N2O2. The van der Waals surface area contributed by atoms with Gasteiger partial charge < -0.3 is 5.11 Å². The molecule has 0 aliphatic rings. The Bertz CT molecular complexity index is 554. The van der Waals surface area contributed by atoms with Crippen LogP contribution in [0.1, 0.15) is 25.5 Å².